The largest absolute Gasteiger partial charge is 0.481 e. The van der Waals surface area contributed by atoms with Crippen molar-refractivity contribution in [2.45, 2.75) is 122 Å². The molecule has 3 atom stereocenters. The fraction of sp³-hybridized carbons (Fsp3) is 0.778. The first-order chi connectivity index (χ1) is 15.0. The number of hydrogen-bond donors (Lipinski definition) is 2. The lowest BCUT2D eigenvalue weighted by Gasteiger charge is -2.42. The second kappa shape index (κ2) is 12.4. The van der Waals surface area contributed by atoms with E-state index in [1.54, 1.807) is 6.08 Å². The number of carboxylic acid groups (broad SMARTS) is 1. The van der Waals surface area contributed by atoms with Gasteiger partial charge in [0.25, 0.3) is 0 Å². The number of carbonyl (C=O) groups is 1. The molecule has 0 amide bonds. The first-order valence-corrected chi connectivity index (χ1v) is 15.6. The van der Waals surface area contributed by atoms with Crippen LogP contribution >= 0.6 is 0 Å². The highest BCUT2D eigenvalue weighted by Crippen LogP contribution is 2.42. The molecule has 0 aromatic carbocycles. The third kappa shape index (κ3) is 8.33. The van der Waals surface area contributed by atoms with Gasteiger partial charge in [-0.2, -0.15) is 0 Å². The SMILES string of the molecule is CC(C)(C)[Si](C)(C)OC(CCC1=CCC(O)[C@@H]1CCC=C=CCC(=O)O)C1CCCCC1. The molecule has 2 aliphatic carbocycles. The monoisotopic (exact) mass is 462 g/mol. The third-order valence-electron chi connectivity index (χ3n) is 7.84. The van der Waals surface area contributed by atoms with E-state index in [4.69, 9.17) is 9.53 Å². The van der Waals surface area contributed by atoms with Crippen LogP contribution in [0.15, 0.2) is 29.5 Å². The van der Waals surface area contributed by atoms with E-state index < -0.39 is 14.3 Å². The molecule has 4 nitrogen and oxygen atoms in total. The maximum Gasteiger partial charge on any atom is 0.307 e. The predicted octanol–water partition coefficient (Wildman–Crippen LogP) is 7.01. The maximum absolute atomic E-state index is 10.6. The molecule has 32 heavy (non-hydrogen) atoms. The van der Waals surface area contributed by atoms with E-state index in [0.29, 0.717) is 12.0 Å². The molecule has 1 saturated carbocycles. The quantitative estimate of drug-likeness (QED) is 0.197. The topological polar surface area (TPSA) is 66.8 Å². The highest BCUT2D eigenvalue weighted by molar-refractivity contribution is 6.74. The number of carboxylic acids is 1. The molecule has 2 N–H and O–H groups in total. The molecule has 0 aromatic heterocycles. The van der Waals surface area contributed by atoms with Gasteiger partial charge in [-0.15, -0.1) is 5.73 Å². The number of hydrogen-bond acceptors (Lipinski definition) is 3. The Bertz CT molecular complexity index is 691. The number of aliphatic hydroxyl groups excluding tert-OH is 1. The number of aliphatic hydroxyl groups is 1. The standard InChI is InChI=1S/C27H46O4Si/c1-27(2,3)32(4,5)31-25(22-13-9-8-10-14-22)20-18-21-17-19-24(28)23(21)15-11-6-7-12-16-26(29)30/h6,12,17,22-25,28H,8-11,13-16,18-20H2,1-5H3,(H,29,30)/t7?,23-,24?,25?/m1/s1. The fourth-order valence-electron chi connectivity index (χ4n) is 4.84. The van der Waals surface area contributed by atoms with Crippen molar-refractivity contribution in [3.05, 3.63) is 29.5 Å². The second-order valence-corrected chi connectivity index (χ2v) is 16.0. The van der Waals surface area contributed by atoms with Crippen LogP contribution in [0, 0.1) is 11.8 Å². The molecule has 2 rings (SSSR count). The summed E-state index contributed by atoms with van der Waals surface area (Å²) >= 11 is 0. The second-order valence-electron chi connectivity index (χ2n) is 11.3. The summed E-state index contributed by atoms with van der Waals surface area (Å²) in [6.45, 7) is 11.7. The highest BCUT2D eigenvalue weighted by Gasteiger charge is 2.41. The van der Waals surface area contributed by atoms with Crippen molar-refractivity contribution in [3.63, 3.8) is 0 Å². The molecule has 0 bridgehead atoms. The van der Waals surface area contributed by atoms with Crippen molar-refractivity contribution in [1.82, 2.24) is 0 Å². The molecular formula is C27H46O4Si. The Balaban J connectivity index is 1.98. The van der Waals surface area contributed by atoms with Gasteiger partial charge in [-0.25, -0.2) is 0 Å². The average molecular weight is 463 g/mol. The van der Waals surface area contributed by atoms with Crippen LogP contribution < -0.4 is 0 Å². The van der Waals surface area contributed by atoms with Gasteiger partial charge in [0.15, 0.2) is 8.32 Å². The normalized spacial score (nSPS) is 23.4. The third-order valence-corrected chi connectivity index (χ3v) is 12.3. The Kier molecular flexibility index (Phi) is 10.5. The number of rotatable bonds is 11. The van der Waals surface area contributed by atoms with Crippen LogP contribution in [0.2, 0.25) is 18.1 Å². The van der Waals surface area contributed by atoms with E-state index >= 15 is 0 Å². The van der Waals surface area contributed by atoms with Gasteiger partial charge in [-0.3, -0.25) is 4.79 Å². The molecule has 0 aromatic rings. The summed E-state index contributed by atoms with van der Waals surface area (Å²) in [5.41, 5.74) is 4.35. The van der Waals surface area contributed by atoms with Crippen molar-refractivity contribution in [3.8, 4) is 0 Å². The molecular weight excluding hydrogens is 416 g/mol. The lowest BCUT2D eigenvalue weighted by atomic mass is 9.82. The van der Waals surface area contributed by atoms with Gasteiger partial charge >= 0.3 is 5.97 Å². The molecule has 5 heteroatoms. The van der Waals surface area contributed by atoms with E-state index in [1.807, 2.05) is 6.08 Å². The van der Waals surface area contributed by atoms with Crippen LogP contribution in [0.25, 0.3) is 0 Å². The number of aliphatic carboxylic acids is 1. The summed E-state index contributed by atoms with van der Waals surface area (Å²) in [6.07, 6.45) is 16.8. The average Bonchev–Trinajstić information content (AvgIpc) is 3.07. The molecule has 0 radical (unpaired) electrons. The van der Waals surface area contributed by atoms with Crippen molar-refractivity contribution in [1.29, 1.82) is 0 Å². The molecule has 0 heterocycles. The van der Waals surface area contributed by atoms with Crippen LogP contribution in [0.4, 0.5) is 0 Å². The smallest absolute Gasteiger partial charge is 0.307 e. The summed E-state index contributed by atoms with van der Waals surface area (Å²) < 4.78 is 6.99. The minimum absolute atomic E-state index is 0.00445. The summed E-state index contributed by atoms with van der Waals surface area (Å²) in [7, 11) is -1.83. The zero-order valence-corrected chi connectivity index (χ0v) is 22.0. The van der Waals surface area contributed by atoms with E-state index in [1.165, 1.54) is 37.7 Å². The molecule has 1 fully saturated rings. The Morgan fingerprint density at radius 3 is 2.56 bits per heavy atom. The van der Waals surface area contributed by atoms with Crippen LogP contribution in [-0.2, 0) is 9.22 Å². The van der Waals surface area contributed by atoms with Gasteiger partial charge < -0.3 is 14.6 Å². The van der Waals surface area contributed by atoms with Gasteiger partial charge in [0.2, 0.25) is 0 Å². The van der Waals surface area contributed by atoms with Gasteiger partial charge in [0, 0.05) is 12.0 Å². The Hall–Kier alpha value is -1.13. The Morgan fingerprint density at radius 1 is 1.25 bits per heavy atom. The van der Waals surface area contributed by atoms with Crippen LogP contribution in [-0.4, -0.2) is 36.7 Å². The van der Waals surface area contributed by atoms with Crippen molar-refractivity contribution < 1.29 is 19.4 Å². The van der Waals surface area contributed by atoms with Gasteiger partial charge in [0.1, 0.15) is 0 Å². The van der Waals surface area contributed by atoms with Gasteiger partial charge in [0.05, 0.1) is 12.5 Å². The summed E-state index contributed by atoms with van der Waals surface area (Å²) in [6, 6.07) is 0. The Morgan fingerprint density at radius 2 is 1.94 bits per heavy atom. The predicted molar refractivity (Wildman–Crippen MR) is 134 cm³/mol. The van der Waals surface area contributed by atoms with E-state index in [0.717, 1.165) is 32.1 Å². The van der Waals surface area contributed by atoms with Crippen LogP contribution in [0.5, 0.6) is 0 Å². The fourth-order valence-corrected chi connectivity index (χ4v) is 6.26. The molecule has 2 unspecified atom stereocenters. The zero-order valence-electron chi connectivity index (χ0n) is 21.0. The van der Waals surface area contributed by atoms with E-state index in [2.05, 4.69) is 45.7 Å². The minimum atomic E-state index is -1.83. The summed E-state index contributed by atoms with van der Waals surface area (Å²) in [5.74, 6) is 0.0349. The highest BCUT2D eigenvalue weighted by atomic mass is 28.4. The minimum Gasteiger partial charge on any atom is -0.481 e. The van der Waals surface area contributed by atoms with Crippen molar-refractivity contribution in [2.24, 2.45) is 11.8 Å². The summed E-state index contributed by atoms with van der Waals surface area (Å²) in [5, 5.41) is 19.5. The zero-order chi connectivity index (χ0) is 23.8. The van der Waals surface area contributed by atoms with Crippen molar-refractivity contribution >= 4 is 14.3 Å². The lowest BCUT2D eigenvalue weighted by molar-refractivity contribution is -0.136. The maximum atomic E-state index is 10.6. The lowest BCUT2D eigenvalue weighted by Crippen LogP contribution is -2.46. The van der Waals surface area contributed by atoms with Gasteiger partial charge in [-0.05, 0) is 81.1 Å². The van der Waals surface area contributed by atoms with Gasteiger partial charge in [-0.1, -0.05) is 51.7 Å². The molecule has 0 saturated heterocycles. The van der Waals surface area contributed by atoms with Crippen LogP contribution in [0.3, 0.4) is 0 Å². The van der Waals surface area contributed by atoms with Crippen molar-refractivity contribution in [2.75, 3.05) is 0 Å². The molecule has 0 aliphatic heterocycles. The molecule has 0 spiro atoms. The summed E-state index contributed by atoms with van der Waals surface area (Å²) in [4.78, 5) is 10.6. The first kappa shape index (κ1) is 27.1. The Labute approximate surface area is 197 Å². The first-order valence-electron chi connectivity index (χ1n) is 12.7. The molecule has 2 aliphatic rings. The van der Waals surface area contributed by atoms with Crippen LogP contribution in [0.1, 0.15) is 91.4 Å². The van der Waals surface area contributed by atoms with E-state index in [9.17, 15) is 9.90 Å². The van der Waals surface area contributed by atoms with E-state index in [-0.39, 0.29) is 23.5 Å². The molecule has 182 valence electrons.